The molecule has 6 heterocycles. The van der Waals surface area contributed by atoms with Crippen molar-refractivity contribution in [3.05, 3.63) is 152 Å². The lowest BCUT2D eigenvalue weighted by Gasteiger charge is -2.08. The molecule has 10 aromatic rings. The van der Waals surface area contributed by atoms with Crippen molar-refractivity contribution in [1.29, 1.82) is 0 Å². The Morgan fingerprint density at radius 2 is 1.00 bits per heavy atom. The maximum atomic E-state index is 5.82. The summed E-state index contributed by atoms with van der Waals surface area (Å²) in [5, 5.41) is 20.2. The summed E-state index contributed by atoms with van der Waals surface area (Å²) in [4.78, 5) is 19.1. The van der Waals surface area contributed by atoms with Gasteiger partial charge in [0.1, 0.15) is 0 Å². The molecule has 16 heteroatoms. The molecule has 0 saturated carbocycles. The van der Waals surface area contributed by atoms with Gasteiger partial charge in [0.15, 0.2) is 0 Å². The number of nitrogens with one attached hydrogen (secondary N) is 3. The van der Waals surface area contributed by atoms with Gasteiger partial charge in [-0.1, -0.05) is 130 Å². The minimum absolute atomic E-state index is 0.0695. The second kappa shape index (κ2) is 17.9. The molecule has 3 N–H and O–H groups in total. The minimum atomic E-state index is -1.76. The summed E-state index contributed by atoms with van der Waals surface area (Å²) < 4.78 is 10.6. The molecule has 0 aliphatic heterocycles. The molecule has 4 aromatic carbocycles. The van der Waals surface area contributed by atoms with Gasteiger partial charge in [-0.3, -0.25) is 9.97 Å². The Hall–Kier alpha value is -6.35. The number of alkyl halides is 3. The Morgan fingerprint density at radius 1 is 0.548 bits per heavy atom. The first-order valence-corrected chi connectivity index (χ1v) is 22.0. The summed E-state index contributed by atoms with van der Waals surface area (Å²) in [6.07, 6.45) is 7.28. The van der Waals surface area contributed by atoms with E-state index in [-0.39, 0.29) is 11.9 Å². The van der Waals surface area contributed by atoms with Crippen molar-refractivity contribution in [3.63, 3.8) is 0 Å². The van der Waals surface area contributed by atoms with Gasteiger partial charge in [-0.05, 0) is 72.5 Å². The first-order chi connectivity index (χ1) is 30.1. The number of thiophene rings is 2. The zero-order chi connectivity index (χ0) is 42.6. The average Bonchev–Trinajstić information content (AvgIpc) is 4.12. The Balaban J connectivity index is 0.000000158. The van der Waals surface area contributed by atoms with Gasteiger partial charge >= 0.3 is 6.01 Å². The van der Waals surface area contributed by atoms with Crippen molar-refractivity contribution in [2.45, 2.75) is 23.7 Å². The van der Waals surface area contributed by atoms with Crippen molar-refractivity contribution in [2.75, 3.05) is 16.0 Å². The highest BCUT2D eigenvalue weighted by Crippen LogP contribution is 2.41. The third-order valence-corrected chi connectivity index (χ3v) is 12.0. The highest BCUT2D eigenvalue weighted by atomic mass is 35.6. The van der Waals surface area contributed by atoms with Gasteiger partial charge in [0.25, 0.3) is 9.68 Å². The van der Waals surface area contributed by atoms with Gasteiger partial charge in [0.2, 0.25) is 11.6 Å². The van der Waals surface area contributed by atoms with Gasteiger partial charge in [-0.2, -0.15) is 9.97 Å². The number of hydrogen-bond acceptors (Lipinski definition) is 13. The summed E-state index contributed by atoms with van der Waals surface area (Å²) in [5.41, 5.74) is 8.49. The maximum Gasteiger partial charge on any atom is 0.322 e. The van der Waals surface area contributed by atoms with Crippen LogP contribution in [0.25, 0.3) is 63.8 Å². The van der Waals surface area contributed by atoms with E-state index in [1.165, 1.54) is 28.0 Å². The number of nitrogens with zero attached hydrogens (tertiary/aromatic N) is 6. The first kappa shape index (κ1) is 41.0. The smallest absolute Gasteiger partial charge is 0.322 e. The van der Waals surface area contributed by atoms with Crippen LogP contribution >= 0.6 is 57.5 Å². The number of rotatable bonds is 10. The number of pyridine rings is 2. The number of anilines is 5. The van der Waals surface area contributed by atoms with Crippen LogP contribution in [0.15, 0.2) is 155 Å². The third kappa shape index (κ3) is 9.42. The Bertz CT molecular complexity index is 3080. The summed E-state index contributed by atoms with van der Waals surface area (Å²) >= 11 is 20.5. The molecule has 308 valence electrons. The van der Waals surface area contributed by atoms with Crippen LogP contribution in [0.3, 0.4) is 0 Å². The fourth-order valence-corrected chi connectivity index (χ4v) is 8.66. The van der Waals surface area contributed by atoms with E-state index in [0.717, 1.165) is 58.2 Å². The van der Waals surface area contributed by atoms with Crippen LogP contribution in [0.2, 0.25) is 0 Å². The number of halogens is 3. The molecule has 10 rings (SSSR count). The van der Waals surface area contributed by atoms with E-state index in [0.29, 0.717) is 17.7 Å². The van der Waals surface area contributed by atoms with Crippen molar-refractivity contribution in [2.24, 2.45) is 0 Å². The predicted octanol–water partition coefficient (Wildman–Crippen LogP) is 14.2. The highest BCUT2D eigenvalue weighted by Gasteiger charge is 2.31. The number of benzene rings is 4. The first-order valence-electron chi connectivity index (χ1n) is 19.2. The SMILES string of the molecule is CC(C)Nc1nc(-c2cc3c(Nc4ccc(-c5ccccc5)cc4)cncc3s2)no1.ClC(Cl)(Cl)c1nc(-c2cc3c(Nc4ccc(-c5ccccc5)cc4)cncc3s2)no1. The largest absolute Gasteiger partial charge is 0.354 e. The molecule has 0 atom stereocenters. The second-order valence-electron chi connectivity index (χ2n) is 14.2. The summed E-state index contributed by atoms with van der Waals surface area (Å²) in [6, 6.07) is 41.9. The van der Waals surface area contributed by atoms with Crippen LogP contribution in [-0.4, -0.2) is 36.3 Å². The molecular weight excluding hydrogens is 881 g/mol. The van der Waals surface area contributed by atoms with Crippen molar-refractivity contribution < 1.29 is 9.05 Å². The van der Waals surface area contributed by atoms with Crippen LogP contribution in [0.4, 0.5) is 28.8 Å². The second-order valence-corrected chi connectivity index (χ2v) is 18.6. The van der Waals surface area contributed by atoms with Crippen LogP contribution in [0, 0.1) is 0 Å². The molecule has 11 nitrogen and oxygen atoms in total. The molecule has 0 aliphatic rings. The van der Waals surface area contributed by atoms with Crippen LogP contribution in [0.1, 0.15) is 19.7 Å². The van der Waals surface area contributed by atoms with Gasteiger partial charge in [-0.15, -0.1) is 22.7 Å². The molecule has 0 spiro atoms. The highest BCUT2D eigenvalue weighted by molar-refractivity contribution is 7.22. The normalized spacial score (nSPS) is 11.5. The van der Waals surface area contributed by atoms with Crippen molar-refractivity contribution >= 4 is 106 Å². The minimum Gasteiger partial charge on any atom is -0.354 e. The summed E-state index contributed by atoms with van der Waals surface area (Å²) in [7, 11) is 0. The van der Waals surface area contributed by atoms with Gasteiger partial charge < -0.3 is 25.0 Å². The third-order valence-electron chi connectivity index (χ3n) is 9.38. The van der Waals surface area contributed by atoms with Crippen LogP contribution in [0.5, 0.6) is 0 Å². The van der Waals surface area contributed by atoms with E-state index in [4.69, 9.17) is 43.8 Å². The Labute approximate surface area is 378 Å². The predicted molar refractivity (Wildman–Crippen MR) is 254 cm³/mol. The summed E-state index contributed by atoms with van der Waals surface area (Å²) in [5.74, 6) is 0.864. The summed E-state index contributed by atoms with van der Waals surface area (Å²) in [6.45, 7) is 4.05. The quantitative estimate of drug-likeness (QED) is 0.113. The Morgan fingerprint density at radius 3 is 1.45 bits per heavy atom. The van der Waals surface area contributed by atoms with E-state index in [1.807, 2.05) is 80.8 Å². The maximum absolute atomic E-state index is 5.82. The van der Waals surface area contributed by atoms with Gasteiger partial charge in [0, 0.05) is 40.6 Å². The molecule has 0 amide bonds. The molecule has 0 radical (unpaired) electrons. The lowest BCUT2D eigenvalue weighted by Crippen LogP contribution is -2.09. The fourth-order valence-electron chi connectivity index (χ4n) is 6.47. The average molecular weight is 915 g/mol. The van der Waals surface area contributed by atoms with Gasteiger partial charge in [0.05, 0.1) is 42.9 Å². The van der Waals surface area contributed by atoms with E-state index in [2.05, 4.69) is 113 Å². The van der Waals surface area contributed by atoms with Crippen molar-refractivity contribution in [3.8, 4) is 43.7 Å². The number of aromatic nitrogens is 6. The number of fused-ring (bicyclic) bond motifs is 2. The molecule has 62 heavy (non-hydrogen) atoms. The zero-order valence-electron chi connectivity index (χ0n) is 32.9. The van der Waals surface area contributed by atoms with E-state index in [9.17, 15) is 0 Å². The molecule has 6 aromatic heterocycles. The van der Waals surface area contributed by atoms with E-state index < -0.39 is 3.79 Å². The fraction of sp³-hybridized carbons (Fsp3) is 0.0870. The standard InChI is InChI=1S/C24H21N5OS.C22H13Cl3N4OS/c1-15(2)26-24-28-23(29-30-24)21-12-19-20(13-25-14-22(19)31-21)27-18-10-8-17(9-11-18)16-6-4-3-5-7-16;23-22(24,25)21-28-20(29-30-21)18-10-16-17(11-26-12-19(16)31-18)27-15-8-6-14(7-9-15)13-4-2-1-3-5-13/h3-15,27H,1-2H3,(H,26,28,29);1-12,27H. The molecule has 0 unspecified atom stereocenters. The van der Waals surface area contributed by atoms with E-state index >= 15 is 0 Å². The van der Waals surface area contributed by atoms with Crippen LogP contribution in [-0.2, 0) is 3.79 Å². The van der Waals surface area contributed by atoms with Crippen molar-refractivity contribution in [1.82, 2.24) is 30.2 Å². The molecular formula is C46H34Cl3N9O2S2. The molecule has 0 bridgehead atoms. The van der Waals surface area contributed by atoms with Crippen LogP contribution < -0.4 is 16.0 Å². The molecule has 0 fully saturated rings. The Kier molecular flexibility index (Phi) is 11.9. The lowest BCUT2D eigenvalue weighted by atomic mass is 10.1. The monoisotopic (exact) mass is 913 g/mol. The van der Waals surface area contributed by atoms with E-state index in [1.54, 1.807) is 23.7 Å². The number of hydrogen-bond donors (Lipinski definition) is 3. The van der Waals surface area contributed by atoms with Gasteiger partial charge in [-0.25, -0.2) is 0 Å². The molecule has 0 aliphatic carbocycles. The topological polar surface area (TPSA) is 140 Å². The zero-order valence-corrected chi connectivity index (χ0v) is 36.8. The lowest BCUT2D eigenvalue weighted by molar-refractivity contribution is 0.383. The molecule has 0 saturated heterocycles.